The zero-order chi connectivity index (χ0) is 31.9. The molecule has 7 unspecified atom stereocenters. The van der Waals surface area contributed by atoms with Gasteiger partial charge in [-0.05, 0) is 90.4 Å². The second kappa shape index (κ2) is 11.3. The molecule has 12 heteroatoms. The molecule has 0 spiro atoms. The first-order valence-electron chi connectivity index (χ1n) is 15.0. The number of thiazole rings is 1. The molecule has 2 aliphatic carbocycles. The van der Waals surface area contributed by atoms with Gasteiger partial charge in [0.25, 0.3) is 0 Å². The molecule has 3 amide bonds. The number of imide groups is 1. The molecule has 3 aromatic carbocycles. The maximum Gasteiger partial charge on any atom is 0.308 e. The number of hydrogen-bond donors (Lipinski definition) is 1. The number of anilines is 2. The third kappa shape index (κ3) is 4.64. The number of halogens is 2. The van der Waals surface area contributed by atoms with Gasteiger partial charge in [0.1, 0.15) is 12.3 Å². The van der Waals surface area contributed by atoms with Gasteiger partial charge >= 0.3 is 4.87 Å². The van der Waals surface area contributed by atoms with E-state index in [9.17, 15) is 19.2 Å². The summed E-state index contributed by atoms with van der Waals surface area (Å²) in [6.45, 7) is -0.144. The molecule has 2 saturated carbocycles. The van der Waals surface area contributed by atoms with Gasteiger partial charge in [-0.15, -0.1) is 11.8 Å². The molecule has 1 N–H and O–H groups in total. The summed E-state index contributed by atoms with van der Waals surface area (Å²) in [5.74, 6) is -0.969. The number of hydrogen-bond acceptors (Lipinski definition) is 7. The number of carbonyl (C=O) groups is 3. The summed E-state index contributed by atoms with van der Waals surface area (Å²) in [7, 11) is 1.62. The lowest BCUT2D eigenvalue weighted by Crippen LogP contribution is -2.43. The smallest absolute Gasteiger partial charge is 0.308 e. The quantitative estimate of drug-likeness (QED) is 0.231. The van der Waals surface area contributed by atoms with Crippen LogP contribution in [0, 0.1) is 29.6 Å². The average Bonchev–Trinajstić information content (AvgIpc) is 3.77. The number of aromatic nitrogens is 1. The lowest BCUT2D eigenvalue weighted by atomic mass is 9.68. The van der Waals surface area contributed by atoms with Gasteiger partial charge < -0.3 is 10.1 Å². The van der Waals surface area contributed by atoms with Crippen molar-refractivity contribution >= 4 is 75.4 Å². The standard InChI is InChI=1S/C34H27Cl2N3O5S2/c1-44-21-12-2-16(3-13-21)25-26-22-14-23(28-27(22)31(41)39(32(28)42)20-10-6-18(36)7-11-20)29(26)45-33-30(25)46-34(43)38(33)15-24(40)37-19-8-4-17(35)5-9-19/h2-13,22-23,25-29H,14-15H2,1H3,(H,37,40). The second-order valence-corrected chi connectivity index (χ2v) is 15.2. The summed E-state index contributed by atoms with van der Waals surface area (Å²) in [5.41, 5.74) is 2.14. The number of nitrogens with one attached hydrogen (secondary N) is 1. The van der Waals surface area contributed by atoms with Crippen LogP contribution < -0.4 is 19.8 Å². The van der Waals surface area contributed by atoms with Gasteiger partial charge in [0, 0.05) is 31.8 Å². The summed E-state index contributed by atoms with van der Waals surface area (Å²) in [6, 6.07) is 21.5. The number of thioether (sulfide) groups is 1. The van der Waals surface area contributed by atoms with E-state index in [0.29, 0.717) is 21.4 Å². The van der Waals surface area contributed by atoms with Crippen LogP contribution in [0.4, 0.5) is 11.4 Å². The maximum absolute atomic E-state index is 14.0. The van der Waals surface area contributed by atoms with Crippen molar-refractivity contribution in [2.24, 2.45) is 29.6 Å². The van der Waals surface area contributed by atoms with Crippen LogP contribution in [0.5, 0.6) is 5.75 Å². The van der Waals surface area contributed by atoms with Crippen LogP contribution in [0.1, 0.15) is 22.8 Å². The minimum atomic E-state index is -0.424. The molecule has 0 radical (unpaired) electrons. The van der Waals surface area contributed by atoms with Crippen molar-refractivity contribution in [3.63, 3.8) is 0 Å². The zero-order valence-electron chi connectivity index (χ0n) is 24.4. The molecule has 7 atom stereocenters. The first kappa shape index (κ1) is 29.8. The molecule has 2 bridgehead atoms. The molecule has 4 aromatic rings. The largest absolute Gasteiger partial charge is 0.497 e. The molecular weight excluding hydrogens is 665 g/mol. The van der Waals surface area contributed by atoms with Gasteiger partial charge in [-0.1, -0.05) is 46.7 Å². The van der Waals surface area contributed by atoms with E-state index in [1.54, 1.807) is 72.0 Å². The predicted octanol–water partition coefficient (Wildman–Crippen LogP) is 6.54. The maximum atomic E-state index is 14.0. The minimum absolute atomic E-state index is 0.00709. The third-order valence-electron chi connectivity index (χ3n) is 9.94. The third-order valence-corrected chi connectivity index (χ3v) is 13.2. The molecule has 4 aliphatic rings. The summed E-state index contributed by atoms with van der Waals surface area (Å²) in [4.78, 5) is 56.8. The van der Waals surface area contributed by atoms with Crippen molar-refractivity contribution in [1.82, 2.24) is 4.57 Å². The molecular formula is C34H27Cl2N3O5S2. The zero-order valence-corrected chi connectivity index (χ0v) is 27.5. The normalized spacial score (nSPS) is 27.4. The number of amides is 3. The Hall–Kier alpha value is -3.57. The van der Waals surface area contributed by atoms with Gasteiger partial charge in [-0.3, -0.25) is 28.6 Å². The van der Waals surface area contributed by atoms with E-state index in [0.717, 1.165) is 39.0 Å². The molecule has 234 valence electrons. The molecule has 2 aliphatic heterocycles. The van der Waals surface area contributed by atoms with Crippen molar-refractivity contribution in [1.29, 1.82) is 0 Å². The molecule has 8 rings (SSSR count). The number of rotatable bonds is 6. The lowest BCUT2D eigenvalue weighted by Gasteiger charge is -2.43. The number of fused-ring (bicyclic) bond motifs is 9. The molecule has 8 nitrogen and oxygen atoms in total. The first-order valence-corrected chi connectivity index (χ1v) is 17.4. The van der Waals surface area contributed by atoms with E-state index in [2.05, 4.69) is 5.32 Å². The minimum Gasteiger partial charge on any atom is -0.497 e. The Labute approximate surface area is 282 Å². The number of carbonyl (C=O) groups excluding carboxylic acids is 3. The molecule has 46 heavy (non-hydrogen) atoms. The fourth-order valence-corrected chi connectivity index (χ4v) is 11.6. The van der Waals surface area contributed by atoms with Crippen LogP contribution in [0.15, 0.2) is 82.6 Å². The molecule has 1 aromatic heterocycles. The Morgan fingerprint density at radius 1 is 0.891 bits per heavy atom. The number of benzene rings is 3. The fraction of sp³-hybridized carbons (Fsp3) is 0.294. The molecule has 3 heterocycles. The Bertz CT molecular complexity index is 1940. The number of nitrogens with zero attached hydrogens (tertiary/aromatic N) is 2. The van der Waals surface area contributed by atoms with E-state index >= 15 is 0 Å². The highest BCUT2D eigenvalue weighted by Crippen LogP contribution is 2.69. The SMILES string of the molecule is COc1ccc(C2c3sc(=O)n(CC(=O)Nc4ccc(Cl)cc4)c3SC3C4CC(C5C(=O)N(c6ccc(Cl)cc6)C(=O)C45)C23)cc1. The van der Waals surface area contributed by atoms with Gasteiger partial charge in [0.2, 0.25) is 17.7 Å². The summed E-state index contributed by atoms with van der Waals surface area (Å²) in [6.07, 6.45) is 0.770. The monoisotopic (exact) mass is 691 g/mol. The topological polar surface area (TPSA) is 97.7 Å². The highest BCUT2D eigenvalue weighted by Gasteiger charge is 2.69. The van der Waals surface area contributed by atoms with E-state index in [1.165, 1.54) is 4.90 Å². The summed E-state index contributed by atoms with van der Waals surface area (Å²) in [5, 5.41) is 4.71. The van der Waals surface area contributed by atoms with Crippen LogP contribution in [0.3, 0.4) is 0 Å². The van der Waals surface area contributed by atoms with Crippen LogP contribution in [0.25, 0.3) is 0 Å². The highest BCUT2D eigenvalue weighted by molar-refractivity contribution is 8.00. The van der Waals surface area contributed by atoms with Gasteiger partial charge in [-0.25, -0.2) is 0 Å². The second-order valence-electron chi connectivity index (χ2n) is 12.2. The van der Waals surface area contributed by atoms with Crippen LogP contribution in [-0.4, -0.2) is 34.6 Å². The highest BCUT2D eigenvalue weighted by atomic mass is 35.5. The average molecular weight is 693 g/mol. The van der Waals surface area contributed by atoms with Gasteiger partial charge in [-0.2, -0.15) is 0 Å². The van der Waals surface area contributed by atoms with E-state index in [-0.39, 0.29) is 58.1 Å². The van der Waals surface area contributed by atoms with Crippen molar-refractivity contribution in [3.8, 4) is 5.75 Å². The van der Waals surface area contributed by atoms with Crippen LogP contribution >= 0.6 is 46.3 Å². The number of methoxy groups -OCH3 is 1. The summed E-state index contributed by atoms with van der Waals surface area (Å²) < 4.78 is 6.99. The van der Waals surface area contributed by atoms with E-state index in [1.807, 2.05) is 24.3 Å². The van der Waals surface area contributed by atoms with Crippen molar-refractivity contribution in [2.45, 2.75) is 29.2 Å². The lowest BCUT2D eigenvalue weighted by molar-refractivity contribution is -0.123. The molecule has 3 fully saturated rings. The Morgan fingerprint density at radius 3 is 2.17 bits per heavy atom. The van der Waals surface area contributed by atoms with Crippen molar-refractivity contribution in [3.05, 3.63) is 103 Å². The van der Waals surface area contributed by atoms with Crippen LogP contribution in [0.2, 0.25) is 10.0 Å². The van der Waals surface area contributed by atoms with Gasteiger partial charge in [0.05, 0.1) is 29.7 Å². The first-order chi connectivity index (χ1) is 22.2. The van der Waals surface area contributed by atoms with E-state index in [4.69, 9.17) is 27.9 Å². The van der Waals surface area contributed by atoms with Crippen LogP contribution in [-0.2, 0) is 20.9 Å². The summed E-state index contributed by atoms with van der Waals surface area (Å²) >= 11 is 14.9. The van der Waals surface area contributed by atoms with Crippen molar-refractivity contribution in [2.75, 3.05) is 17.3 Å². The molecule has 1 saturated heterocycles. The van der Waals surface area contributed by atoms with E-state index < -0.39 is 11.8 Å². The fourth-order valence-electron chi connectivity index (χ4n) is 8.16. The Kier molecular flexibility index (Phi) is 7.32. The van der Waals surface area contributed by atoms with Gasteiger partial charge in [0.15, 0.2) is 0 Å². The predicted molar refractivity (Wildman–Crippen MR) is 179 cm³/mol. The Morgan fingerprint density at radius 2 is 1.52 bits per heavy atom. The Balaban J connectivity index is 1.17. The van der Waals surface area contributed by atoms with Crippen molar-refractivity contribution < 1.29 is 19.1 Å². The number of ether oxygens (including phenoxy) is 1.